The molecule has 2 N–H and O–H groups in total. The predicted octanol–water partition coefficient (Wildman–Crippen LogP) is 4.15. The summed E-state index contributed by atoms with van der Waals surface area (Å²) in [5.41, 5.74) is -1.37. The fraction of sp³-hybridized carbons (Fsp3) is 0.167. The number of nitriles is 1. The third-order valence-electron chi connectivity index (χ3n) is 5.28. The highest BCUT2D eigenvalue weighted by Gasteiger charge is 2.44. The smallest absolute Gasteiger partial charge is 0.434 e. The molecule has 0 atom stereocenters. The number of nitrogens with one attached hydrogen (secondary N) is 2. The summed E-state index contributed by atoms with van der Waals surface area (Å²) in [7, 11) is 0. The van der Waals surface area contributed by atoms with E-state index < -0.39 is 41.6 Å². The number of aromatic nitrogens is 2. The summed E-state index contributed by atoms with van der Waals surface area (Å²) in [5.74, 6) is -3.12. The zero-order valence-corrected chi connectivity index (χ0v) is 19.7. The van der Waals surface area contributed by atoms with E-state index in [1.165, 1.54) is 30.3 Å². The number of amides is 1. The number of carbonyl (C=O) groups excluding carboxylic acids is 1. The van der Waals surface area contributed by atoms with Crippen LogP contribution in [0.3, 0.4) is 0 Å². The van der Waals surface area contributed by atoms with Crippen molar-refractivity contribution in [2.45, 2.75) is 19.6 Å². The molecule has 1 amide bonds. The fourth-order valence-corrected chi connectivity index (χ4v) is 3.83. The monoisotopic (exact) mass is 533 g/mol. The van der Waals surface area contributed by atoms with Crippen LogP contribution in [0.15, 0.2) is 58.7 Å². The molecule has 0 bridgehead atoms. The Morgan fingerprint density at radius 2 is 1.92 bits per heavy atom. The second-order valence-corrected chi connectivity index (χ2v) is 8.45. The van der Waals surface area contributed by atoms with E-state index in [0.29, 0.717) is 5.56 Å². The Bertz CT molecular complexity index is 1530. The first-order valence-corrected chi connectivity index (χ1v) is 10.9. The van der Waals surface area contributed by atoms with Crippen molar-refractivity contribution in [3.8, 4) is 22.9 Å². The largest absolute Gasteiger partial charge is 0.449 e. The maximum Gasteiger partial charge on any atom is 0.434 e. The number of allylic oxidation sites excluding steroid dienone is 1. The molecule has 1 aromatic heterocycles. The minimum absolute atomic E-state index is 0.00512. The van der Waals surface area contributed by atoms with Gasteiger partial charge in [0.25, 0.3) is 11.5 Å². The SMILES string of the molecule is Cc1ccc(F)c(-c2cc(CN3CNC(C(F)(F)F)=C(Oc4cc(Cl)cc(C#N)c4)C3=O)n[nH]c2=O)c1. The highest BCUT2D eigenvalue weighted by atomic mass is 35.5. The maximum atomic E-state index is 14.4. The van der Waals surface area contributed by atoms with Crippen LogP contribution >= 0.6 is 11.6 Å². The first kappa shape index (κ1) is 25.7. The van der Waals surface area contributed by atoms with Gasteiger partial charge in [0.05, 0.1) is 36.1 Å². The number of H-pyrrole nitrogens is 1. The van der Waals surface area contributed by atoms with Crippen molar-refractivity contribution >= 4 is 17.5 Å². The number of benzene rings is 2. The summed E-state index contributed by atoms with van der Waals surface area (Å²) in [6, 6.07) is 10.8. The van der Waals surface area contributed by atoms with Gasteiger partial charge in [0.2, 0.25) is 5.76 Å². The van der Waals surface area contributed by atoms with Crippen molar-refractivity contribution in [2.75, 3.05) is 6.67 Å². The number of halogens is 5. The number of hydrogen-bond donors (Lipinski definition) is 2. The van der Waals surface area contributed by atoms with Gasteiger partial charge in [-0.2, -0.15) is 23.5 Å². The molecule has 0 saturated carbocycles. The van der Waals surface area contributed by atoms with Crippen LogP contribution < -0.4 is 15.6 Å². The van der Waals surface area contributed by atoms with E-state index in [-0.39, 0.29) is 39.7 Å². The van der Waals surface area contributed by atoms with Gasteiger partial charge in [-0.3, -0.25) is 9.59 Å². The maximum absolute atomic E-state index is 14.4. The van der Waals surface area contributed by atoms with Gasteiger partial charge in [-0.25, -0.2) is 9.49 Å². The molecule has 2 heterocycles. The summed E-state index contributed by atoms with van der Waals surface area (Å²) in [5, 5.41) is 17.3. The Labute approximate surface area is 211 Å². The molecule has 0 saturated heterocycles. The standard InChI is InChI=1S/C24H16ClF4N5O3/c1-12-2-3-19(26)17(4-12)18-8-15(32-33-22(18)35)10-34-11-31-21(24(27,28)29)20(23(34)36)37-16-6-13(9-30)5-14(25)7-16/h2-8,31H,10-11H2,1H3,(H,33,35). The van der Waals surface area contributed by atoms with E-state index in [4.69, 9.17) is 21.6 Å². The molecular weight excluding hydrogens is 518 g/mol. The molecule has 37 heavy (non-hydrogen) atoms. The molecule has 0 spiro atoms. The number of rotatable bonds is 5. The lowest BCUT2D eigenvalue weighted by Gasteiger charge is -2.31. The summed E-state index contributed by atoms with van der Waals surface area (Å²) in [4.78, 5) is 26.4. The van der Waals surface area contributed by atoms with Gasteiger partial charge >= 0.3 is 6.18 Å². The molecule has 0 unspecified atom stereocenters. The first-order valence-electron chi connectivity index (χ1n) is 10.5. The van der Waals surface area contributed by atoms with Gasteiger partial charge in [-0.1, -0.05) is 23.2 Å². The van der Waals surface area contributed by atoms with Crippen LogP contribution in [0.25, 0.3) is 11.1 Å². The van der Waals surface area contributed by atoms with Gasteiger partial charge in [0.1, 0.15) is 11.6 Å². The molecule has 1 aliphatic heterocycles. The predicted molar refractivity (Wildman–Crippen MR) is 123 cm³/mol. The van der Waals surface area contributed by atoms with Crippen LogP contribution in [0, 0.1) is 24.1 Å². The van der Waals surface area contributed by atoms with Crippen molar-refractivity contribution in [1.29, 1.82) is 5.26 Å². The number of hydrogen-bond acceptors (Lipinski definition) is 6. The number of carbonyl (C=O) groups is 1. The third-order valence-corrected chi connectivity index (χ3v) is 5.50. The van der Waals surface area contributed by atoms with E-state index >= 15 is 0 Å². The summed E-state index contributed by atoms with van der Waals surface area (Å²) in [6.45, 7) is 0.803. The number of nitrogens with zero attached hydrogens (tertiary/aromatic N) is 3. The van der Waals surface area contributed by atoms with Crippen LogP contribution in [0.1, 0.15) is 16.8 Å². The summed E-state index contributed by atoms with van der Waals surface area (Å²) < 4.78 is 60.7. The minimum atomic E-state index is -4.96. The Hall–Kier alpha value is -4.37. The van der Waals surface area contributed by atoms with Crippen LogP contribution in [0.2, 0.25) is 5.02 Å². The van der Waals surface area contributed by atoms with Gasteiger partial charge < -0.3 is 15.0 Å². The lowest BCUT2D eigenvalue weighted by Crippen LogP contribution is -2.49. The van der Waals surface area contributed by atoms with Gasteiger partial charge in [0, 0.05) is 10.6 Å². The molecule has 0 radical (unpaired) electrons. The molecule has 8 nitrogen and oxygen atoms in total. The molecular formula is C24H16ClF4N5O3. The average molecular weight is 534 g/mol. The van der Waals surface area contributed by atoms with Gasteiger partial charge in [-0.05, 0) is 43.3 Å². The van der Waals surface area contributed by atoms with Crippen LogP contribution in [-0.4, -0.2) is 33.8 Å². The molecule has 0 aliphatic carbocycles. The zero-order valence-electron chi connectivity index (χ0n) is 18.9. The van der Waals surface area contributed by atoms with E-state index in [0.717, 1.165) is 17.0 Å². The fourth-order valence-electron chi connectivity index (χ4n) is 3.60. The quantitative estimate of drug-likeness (QED) is 0.477. The zero-order chi connectivity index (χ0) is 26.9. The van der Waals surface area contributed by atoms with Crippen molar-refractivity contribution in [2.24, 2.45) is 0 Å². The third kappa shape index (κ3) is 5.57. The Morgan fingerprint density at radius 1 is 1.16 bits per heavy atom. The Kier molecular flexibility index (Phi) is 6.91. The molecule has 2 aromatic carbocycles. The summed E-state index contributed by atoms with van der Waals surface area (Å²) in [6.07, 6.45) is -4.96. The molecule has 4 rings (SSSR count). The van der Waals surface area contributed by atoms with Crippen LogP contribution in [0.4, 0.5) is 17.6 Å². The second kappa shape index (κ2) is 9.94. The van der Waals surface area contributed by atoms with Gasteiger partial charge in [-0.15, -0.1) is 0 Å². The molecule has 0 fully saturated rings. The highest BCUT2D eigenvalue weighted by molar-refractivity contribution is 6.30. The average Bonchev–Trinajstić information content (AvgIpc) is 2.83. The second-order valence-electron chi connectivity index (χ2n) is 8.01. The molecule has 190 valence electrons. The van der Waals surface area contributed by atoms with Crippen LogP contribution in [0.5, 0.6) is 5.75 Å². The highest BCUT2D eigenvalue weighted by Crippen LogP contribution is 2.32. The van der Waals surface area contributed by atoms with E-state index in [9.17, 15) is 27.2 Å². The van der Waals surface area contributed by atoms with Crippen molar-refractivity contribution in [1.82, 2.24) is 20.4 Å². The molecule has 1 aliphatic rings. The lowest BCUT2D eigenvalue weighted by molar-refractivity contribution is -0.137. The Balaban J connectivity index is 1.67. The van der Waals surface area contributed by atoms with Crippen molar-refractivity contribution < 1.29 is 27.1 Å². The van der Waals surface area contributed by atoms with Gasteiger partial charge in [0.15, 0.2) is 5.70 Å². The molecule has 13 heteroatoms. The topological polar surface area (TPSA) is 111 Å². The number of aryl methyl sites for hydroxylation is 1. The van der Waals surface area contributed by atoms with Crippen molar-refractivity contribution in [3.63, 3.8) is 0 Å². The number of alkyl halides is 3. The van der Waals surface area contributed by atoms with E-state index in [1.807, 2.05) is 0 Å². The number of ether oxygens (including phenoxy) is 1. The lowest BCUT2D eigenvalue weighted by atomic mass is 10.0. The van der Waals surface area contributed by atoms with E-state index in [1.54, 1.807) is 13.0 Å². The minimum Gasteiger partial charge on any atom is -0.449 e. The van der Waals surface area contributed by atoms with Crippen molar-refractivity contribution in [3.05, 3.63) is 91.9 Å². The normalized spacial score (nSPS) is 13.9. The molecule has 3 aromatic rings. The van der Waals surface area contributed by atoms with Crippen LogP contribution in [-0.2, 0) is 11.3 Å². The first-order chi connectivity index (χ1) is 17.5. The summed E-state index contributed by atoms with van der Waals surface area (Å²) >= 11 is 5.90. The van der Waals surface area contributed by atoms with E-state index in [2.05, 4.69) is 15.5 Å². The Morgan fingerprint density at radius 3 is 2.62 bits per heavy atom. The number of aromatic amines is 1.